The minimum atomic E-state index is -1.61. The van der Waals surface area contributed by atoms with E-state index in [1.807, 2.05) is 61.5 Å². The van der Waals surface area contributed by atoms with Crippen molar-refractivity contribution in [2.75, 3.05) is 25.3 Å². The summed E-state index contributed by atoms with van der Waals surface area (Å²) in [5.74, 6) is -0.865. The molecule has 3 aromatic carbocycles. The number of esters is 1. The summed E-state index contributed by atoms with van der Waals surface area (Å²) in [5.41, 5.74) is 4.51. The van der Waals surface area contributed by atoms with Crippen LogP contribution in [0.2, 0.25) is 0 Å². The predicted octanol–water partition coefficient (Wildman–Crippen LogP) is 3.08. The number of thioether (sulfide) groups is 1. The molecule has 238 valence electrons. The van der Waals surface area contributed by atoms with Crippen LogP contribution in [-0.2, 0) is 32.1 Å². The molecule has 1 heterocycles. The van der Waals surface area contributed by atoms with Gasteiger partial charge in [0.15, 0.2) is 12.7 Å². The van der Waals surface area contributed by atoms with Crippen molar-refractivity contribution in [1.82, 2.24) is 15.5 Å². The van der Waals surface area contributed by atoms with Crippen LogP contribution in [0.4, 0.5) is 0 Å². The molecule has 11 heteroatoms. The Labute approximate surface area is 267 Å². The third kappa shape index (κ3) is 8.64. The average molecular weight is 634 g/mol. The summed E-state index contributed by atoms with van der Waals surface area (Å²) in [6.07, 6.45) is -1.43. The van der Waals surface area contributed by atoms with Crippen LogP contribution < -0.4 is 15.4 Å². The number of carbonyl (C=O) groups excluding carboxylic acids is 4. The van der Waals surface area contributed by atoms with Gasteiger partial charge in [-0.25, -0.2) is 4.79 Å². The van der Waals surface area contributed by atoms with Gasteiger partial charge in [0.2, 0.25) is 5.91 Å². The fraction of sp³-hybridized carbons (Fsp3) is 0.353. The number of nitrogens with one attached hydrogen (secondary N) is 2. The molecule has 0 radical (unpaired) electrons. The lowest BCUT2D eigenvalue weighted by atomic mass is 9.99. The lowest BCUT2D eigenvalue weighted by Gasteiger charge is -2.30. The molecule has 45 heavy (non-hydrogen) atoms. The van der Waals surface area contributed by atoms with Gasteiger partial charge >= 0.3 is 5.97 Å². The molecule has 4 rings (SSSR count). The molecule has 0 aliphatic carbocycles. The van der Waals surface area contributed by atoms with Crippen molar-refractivity contribution < 1.29 is 33.8 Å². The summed E-state index contributed by atoms with van der Waals surface area (Å²) in [7, 11) is 1.30. The van der Waals surface area contributed by atoms with Crippen LogP contribution in [0.3, 0.4) is 0 Å². The summed E-state index contributed by atoms with van der Waals surface area (Å²) in [6, 6.07) is 18.4. The average Bonchev–Trinajstić information content (AvgIpc) is 3.53. The Kier molecular flexibility index (Phi) is 11.6. The molecular formula is C34H39N3O7S. The number of methoxy groups -OCH3 is 1. The number of benzene rings is 3. The topological polar surface area (TPSA) is 134 Å². The number of rotatable bonds is 12. The highest BCUT2D eigenvalue weighted by Crippen LogP contribution is 2.26. The number of ether oxygens (including phenoxy) is 2. The van der Waals surface area contributed by atoms with Crippen LogP contribution in [0.15, 0.2) is 66.7 Å². The van der Waals surface area contributed by atoms with Crippen LogP contribution in [0, 0.1) is 20.8 Å². The maximum atomic E-state index is 13.6. The van der Waals surface area contributed by atoms with Crippen LogP contribution in [0.1, 0.15) is 38.2 Å². The number of aliphatic hydroxyl groups excluding tert-OH is 1. The van der Waals surface area contributed by atoms with Crippen molar-refractivity contribution in [2.45, 2.75) is 51.9 Å². The molecule has 1 saturated heterocycles. The van der Waals surface area contributed by atoms with Crippen LogP contribution in [0.5, 0.6) is 5.75 Å². The second kappa shape index (κ2) is 15.6. The van der Waals surface area contributed by atoms with Gasteiger partial charge in [-0.15, -0.1) is 11.8 Å². The summed E-state index contributed by atoms with van der Waals surface area (Å²) in [4.78, 5) is 53.2. The normalized spacial score (nSPS) is 15.6. The summed E-state index contributed by atoms with van der Waals surface area (Å²) < 4.78 is 10.6. The largest absolute Gasteiger partial charge is 0.483 e. The van der Waals surface area contributed by atoms with Gasteiger partial charge in [-0.1, -0.05) is 54.6 Å². The summed E-state index contributed by atoms with van der Waals surface area (Å²) >= 11 is 1.43. The highest BCUT2D eigenvalue weighted by atomic mass is 32.2. The van der Waals surface area contributed by atoms with E-state index in [1.165, 1.54) is 23.8 Å². The van der Waals surface area contributed by atoms with Gasteiger partial charge in [-0.3, -0.25) is 14.4 Å². The van der Waals surface area contributed by atoms with Crippen molar-refractivity contribution in [3.8, 4) is 5.75 Å². The molecule has 3 amide bonds. The molecule has 1 aliphatic rings. The number of nitrogens with zero attached hydrogens (tertiary/aromatic N) is 1. The number of carbonyl (C=O) groups is 4. The van der Waals surface area contributed by atoms with E-state index in [2.05, 4.69) is 10.6 Å². The lowest BCUT2D eigenvalue weighted by molar-refractivity contribution is -0.146. The Balaban J connectivity index is 1.44. The van der Waals surface area contributed by atoms with E-state index in [-0.39, 0.29) is 24.8 Å². The van der Waals surface area contributed by atoms with Gasteiger partial charge in [0.25, 0.3) is 11.8 Å². The molecule has 3 N–H and O–H groups in total. The molecule has 1 aliphatic heterocycles. The second-order valence-electron chi connectivity index (χ2n) is 11.0. The molecule has 10 nitrogen and oxygen atoms in total. The Morgan fingerprint density at radius 2 is 1.64 bits per heavy atom. The van der Waals surface area contributed by atoms with Gasteiger partial charge in [-0.2, -0.15) is 0 Å². The van der Waals surface area contributed by atoms with E-state index < -0.39 is 36.0 Å². The van der Waals surface area contributed by atoms with Crippen LogP contribution in [-0.4, -0.2) is 77.2 Å². The summed E-state index contributed by atoms with van der Waals surface area (Å²) in [5, 5.41) is 17.0. The fourth-order valence-electron chi connectivity index (χ4n) is 5.24. The molecule has 0 saturated carbocycles. The maximum Gasteiger partial charge on any atom is 0.337 e. The molecule has 1 fully saturated rings. The third-order valence-electron chi connectivity index (χ3n) is 7.69. The first-order valence-electron chi connectivity index (χ1n) is 14.6. The van der Waals surface area contributed by atoms with Gasteiger partial charge < -0.3 is 30.1 Å². The smallest absolute Gasteiger partial charge is 0.337 e. The molecular weight excluding hydrogens is 594 g/mol. The second-order valence-corrected chi connectivity index (χ2v) is 12.0. The van der Waals surface area contributed by atoms with Crippen molar-refractivity contribution in [3.05, 3.63) is 100 Å². The van der Waals surface area contributed by atoms with Gasteiger partial charge in [0, 0.05) is 12.3 Å². The van der Waals surface area contributed by atoms with E-state index in [0.717, 1.165) is 16.7 Å². The Bertz CT molecular complexity index is 1510. The van der Waals surface area contributed by atoms with Crippen molar-refractivity contribution in [3.63, 3.8) is 0 Å². The van der Waals surface area contributed by atoms with Gasteiger partial charge in [0.1, 0.15) is 11.8 Å². The van der Waals surface area contributed by atoms with E-state index in [0.29, 0.717) is 34.7 Å². The predicted molar refractivity (Wildman–Crippen MR) is 172 cm³/mol. The van der Waals surface area contributed by atoms with Gasteiger partial charge in [0.05, 0.1) is 24.6 Å². The van der Waals surface area contributed by atoms with E-state index in [4.69, 9.17) is 9.47 Å². The maximum absolute atomic E-state index is 13.6. The van der Waals surface area contributed by atoms with Crippen molar-refractivity contribution in [1.29, 1.82) is 0 Å². The Morgan fingerprint density at radius 3 is 2.31 bits per heavy atom. The van der Waals surface area contributed by atoms with E-state index >= 15 is 0 Å². The zero-order valence-corrected chi connectivity index (χ0v) is 26.7. The molecule has 3 aromatic rings. The molecule has 0 aromatic heterocycles. The van der Waals surface area contributed by atoms with Crippen molar-refractivity contribution >= 4 is 35.5 Å². The van der Waals surface area contributed by atoms with Crippen LogP contribution in [0.25, 0.3) is 0 Å². The molecule has 0 unspecified atom stereocenters. The van der Waals surface area contributed by atoms with Gasteiger partial charge in [-0.05, 0) is 67.1 Å². The number of hydrogen-bond donors (Lipinski definition) is 3. The third-order valence-corrected chi connectivity index (χ3v) is 8.70. The SMILES string of the molecule is COC(=O)c1cc(C)c(OCC(=O)N[C@@H](Cc2ccccc2)[C@H](O)C(=O)N2CSC[C@H]2C(=O)NCc2ccccc2C)c(C)c1. The highest BCUT2D eigenvalue weighted by molar-refractivity contribution is 7.99. The number of amides is 3. The zero-order chi connectivity index (χ0) is 32.5. The quantitative estimate of drug-likeness (QED) is 0.259. The summed E-state index contributed by atoms with van der Waals surface area (Å²) in [6.45, 7) is 5.43. The Morgan fingerprint density at radius 1 is 0.978 bits per heavy atom. The fourth-order valence-corrected chi connectivity index (χ4v) is 6.40. The monoisotopic (exact) mass is 633 g/mol. The van der Waals surface area contributed by atoms with Crippen LogP contribution >= 0.6 is 11.8 Å². The lowest BCUT2D eigenvalue weighted by Crippen LogP contribution is -2.56. The Hall–Kier alpha value is -4.35. The first-order valence-corrected chi connectivity index (χ1v) is 15.8. The minimum Gasteiger partial charge on any atom is -0.483 e. The molecule has 3 atom stereocenters. The molecule has 0 spiro atoms. The minimum absolute atomic E-state index is 0.177. The molecule has 0 bridgehead atoms. The first kappa shape index (κ1) is 33.5. The zero-order valence-electron chi connectivity index (χ0n) is 25.9. The van der Waals surface area contributed by atoms with E-state index in [9.17, 15) is 24.3 Å². The standard InChI is InChI=1S/C34H39N3O7S/c1-21-10-8-9-13-25(21)17-35-32(40)28-19-45-20-37(28)33(41)30(39)27(16-24-11-6-5-7-12-24)36-29(38)18-44-31-22(2)14-26(15-23(31)3)34(42)43-4/h5-15,27-28,30,39H,16-20H2,1-4H3,(H,35,40)(H,36,38)/t27-,28-,30-/m0/s1. The van der Waals surface area contributed by atoms with Crippen molar-refractivity contribution in [2.24, 2.45) is 0 Å². The number of hydrogen-bond acceptors (Lipinski definition) is 8. The number of aryl methyl sites for hydroxylation is 3. The highest BCUT2D eigenvalue weighted by Gasteiger charge is 2.40. The first-order chi connectivity index (χ1) is 21.6. The number of aliphatic hydroxyl groups is 1. The van der Waals surface area contributed by atoms with E-state index in [1.54, 1.807) is 26.0 Å².